The summed E-state index contributed by atoms with van der Waals surface area (Å²) in [6.45, 7) is 0.216. The second-order valence-electron chi connectivity index (χ2n) is 7.42. The van der Waals surface area contributed by atoms with Gasteiger partial charge in [-0.05, 0) is 37.1 Å². The van der Waals surface area contributed by atoms with Crippen molar-refractivity contribution in [1.82, 2.24) is 24.6 Å². The molecule has 2 heterocycles. The number of carbonyl (C=O) groups excluding carboxylic acids is 1. The average Bonchev–Trinajstić information content (AvgIpc) is 3.58. The van der Waals surface area contributed by atoms with E-state index in [0.717, 1.165) is 18.4 Å². The Bertz CT molecular complexity index is 1370. The van der Waals surface area contributed by atoms with Crippen LogP contribution in [-0.2, 0) is 22.3 Å². The molecule has 1 aliphatic rings. The Morgan fingerprint density at radius 2 is 1.87 bits per heavy atom. The number of rotatable bonds is 7. The molecule has 0 radical (unpaired) electrons. The molecule has 0 bridgehead atoms. The fourth-order valence-electron chi connectivity index (χ4n) is 3.26. The van der Waals surface area contributed by atoms with Crippen LogP contribution in [0.1, 0.15) is 40.4 Å². The van der Waals surface area contributed by atoms with Crippen LogP contribution in [0, 0.1) is 0 Å². The highest BCUT2D eigenvalue weighted by Crippen LogP contribution is 2.34. The van der Waals surface area contributed by atoms with Gasteiger partial charge in [0.15, 0.2) is 0 Å². The van der Waals surface area contributed by atoms with Crippen LogP contribution in [-0.4, -0.2) is 35.9 Å². The van der Waals surface area contributed by atoms with E-state index in [2.05, 4.69) is 20.0 Å². The minimum atomic E-state index is -3.35. The van der Waals surface area contributed by atoms with E-state index in [1.54, 1.807) is 24.3 Å². The molecule has 3 N–H and O–H groups in total. The van der Waals surface area contributed by atoms with Crippen molar-refractivity contribution in [1.29, 1.82) is 0 Å². The van der Waals surface area contributed by atoms with E-state index in [1.807, 2.05) is 0 Å². The third-order valence-corrected chi connectivity index (χ3v) is 6.43. The second kappa shape index (κ2) is 8.08. The number of aromatic amines is 1. The monoisotopic (exact) mass is 443 g/mol. The summed E-state index contributed by atoms with van der Waals surface area (Å²) in [6.07, 6.45) is 3.05. The molecule has 11 heteroatoms. The van der Waals surface area contributed by atoms with Gasteiger partial charge in [-0.25, -0.2) is 22.9 Å². The van der Waals surface area contributed by atoms with Crippen LogP contribution in [0.5, 0.6) is 0 Å². The molecule has 0 spiro atoms. The molecule has 1 saturated carbocycles. The molecule has 31 heavy (non-hydrogen) atoms. The standard InChI is InChI=1S/C20H21N5O5S/c1-21-31(29,30)11-13-4-2-12(3-5-13)9-23-18(26)14-8-16-17(22-10-14)25(15-6-7-15)20(28)24-19(16)27/h2-5,8,10,15,21H,6-7,9,11H2,1H3,(H,23,26)(H,24,27,28). The summed E-state index contributed by atoms with van der Waals surface area (Å²) < 4.78 is 26.9. The zero-order valence-corrected chi connectivity index (χ0v) is 17.5. The summed E-state index contributed by atoms with van der Waals surface area (Å²) in [5, 5.41) is 2.94. The van der Waals surface area contributed by atoms with Crippen LogP contribution >= 0.6 is 0 Å². The lowest BCUT2D eigenvalue weighted by molar-refractivity contribution is 0.0950. The molecule has 162 valence electrons. The van der Waals surface area contributed by atoms with Crippen LogP contribution in [0.25, 0.3) is 11.0 Å². The predicted molar refractivity (Wildman–Crippen MR) is 114 cm³/mol. The summed E-state index contributed by atoms with van der Waals surface area (Å²) in [7, 11) is -1.99. The normalized spacial score (nSPS) is 14.0. The zero-order valence-electron chi connectivity index (χ0n) is 16.7. The molecule has 0 atom stereocenters. The molecule has 4 rings (SSSR count). The Morgan fingerprint density at radius 1 is 1.19 bits per heavy atom. The maximum Gasteiger partial charge on any atom is 0.330 e. The van der Waals surface area contributed by atoms with Crippen LogP contribution in [0.2, 0.25) is 0 Å². The molecule has 3 aromatic rings. The number of aromatic nitrogens is 3. The summed E-state index contributed by atoms with van der Waals surface area (Å²) in [4.78, 5) is 43.3. The molecule has 0 aliphatic heterocycles. The molecular formula is C20H21N5O5S. The summed E-state index contributed by atoms with van der Waals surface area (Å²) in [5.41, 5.74) is 0.828. The van der Waals surface area contributed by atoms with E-state index in [9.17, 15) is 22.8 Å². The van der Waals surface area contributed by atoms with Gasteiger partial charge in [0.25, 0.3) is 11.5 Å². The van der Waals surface area contributed by atoms with Crippen molar-refractivity contribution >= 4 is 27.0 Å². The van der Waals surface area contributed by atoms with Gasteiger partial charge in [-0.1, -0.05) is 24.3 Å². The number of amides is 1. The first-order chi connectivity index (χ1) is 14.8. The molecule has 2 aromatic heterocycles. The highest BCUT2D eigenvalue weighted by Gasteiger charge is 2.27. The van der Waals surface area contributed by atoms with Gasteiger partial charge in [0, 0.05) is 18.8 Å². The predicted octanol–water partition coefficient (Wildman–Crippen LogP) is 0.399. The first kappa shape index (κ1) is 20.9. The number of nitrogens with one attached hydrogen (secondary N) is 3. The van der Waals surface area contributed by atoms with E-state index in [-0.39, 0.29) is 34.9 Å². The minimum absolute atomic E-state index is 0.0325. The van der Waals surface area contributed by atoms with Crippen LogP contribution in [0.3, 0.4) is 0 Å². The molecule has 1 amide bonds. The van der Waals surface area contributed by atoms with Gasteiger partial charge >= 0.3 is 5.69 Å². The van der Waals surface area contributed by atoms with Crippen molar-refractivity contribution in [2.24, 2.45) is 0 Å². The number of H-pyrrole nitrogens is 1. The van der Waals surface area contributed by atoms with Crippen molar-refractivity contribution in [3.63, 3.8) is 0 Å². The maximum absolute atomic E-state index is 12.5. The van der Waals surface area contributed by atoms with Crippen molar-refractivity contribution in [3.05, 3.63) is 74.1 Å². The largest absolute Gasteiger partial charge is 0.348 e. The van der Waals surface area contributed by atoms with Gasteiger partial charge in [0.1, 0.15) is 5.65 Å². The molecular weight excluding hydrogens is 422 g/mol. The SMILES string of the molecule is CNS(=O)(=O)Cc1ccc(CNC(=O)c2cnc3c(c2)c(=O)[nH]c(=O)n3C2CC2)cc1. The minimum Gasteiger partial charge on any atom is -0.348 e. The van der Waals surface area contributed by atoms with E-state index in [4.69, 9.17) is 0 Å². The van der Waals surface area contributed by atoms with Crippen molar-refractivity contribution < 1.29 is 13.2 Å². The van der Waals surface area contributed by atoms with Gasteiger partial charge in [-0.3, -0.25) is 19.1 Å². The summed E-state index contributed by atoms with van der Waals surface area (Å²) in [6, 6.07) is 8.30. The number of pyridine rings is 1. The topological polar surface area (TPSA) is 143 Å². The van der Waals surface area contributed by atoms with E-state index in [1.165, 1.54) is 23.9 Å². The Kier molecular flexibility index (Phi) is 5.46. The lowest BCUT2D eigenvalue weighted by atomic mass is 10.1. The molecule has 0 unspecified atom stereocenters. The smallest absolute Gasteiger partial charge is 0.330 e. The van der Waals surface area contributed by atoms with Crippen LogP contribution in [0.15, 0.2) is 46.1 Å². The van der Waals surface area contributed by atoms with Crippen LogP contribution in [0.4, 0.5) is 0 Å². The van der Waals surface area contributed by atoms with E-state index in [0.29, 0.717) is 5.56 Å². The lowest BCUT2D eigenvalue weighted by Crippen LogP contribution is -2.31. The second-order valence-corrected chi connectivity index (χ2v) is 9.34. The lowest BCUT2D eigenvalue weighted by Gasteiger charge is -2.09. The Balaban J connectivity index is 1.49. The Labute approximate surface area is 177 Å². The van der Waals surface area contributed by atoms with Crippen LogP contribution < -0.4 is 21.3 Å². The quantitative estimate of drug-likeness (QED) is 0.482. The highest BCUT2D eigenvalue weighted by molar-refractivity contribution is 7.88. The first-order valence-electron chi connectivity index (χ1n) is 9.69. The zero-order chi connectivity index (χ0) is 22.2. The van der Waals surface area contributed by atoms with Gasteiger partial charge in [0.2, 0.25) is 10.0 Å². The Morgan fingerprint density at radius 3 is 2.52 bits per heavy atom. The molecule has 10 nitrogen and oxygen atoms in total. The van der Waals surface area contributed by atoms with Gasteiger partial charge < -0.3 is 5.32 Å². The third-order valence-electron chi connectivity index (χ3n) is 5.10. The summed E-state index contributed by atoms with van der Waals surface area (Å²) >= 11 is 0. The highest BCUT2D eigenvalue weighted by atomic mass is 32.2. The summed E-state index contributed by atoms with van der Waals surface area (Å²) in [5.74, 6) is -0.542. The van der Waals surface area contributed by atoms with Crippen molar-refractivity contribution in [3.8, 4) is 0 Å². The number of carbonyl (C=O) groups is 1. The average molecular weight is 443 g/mol. The first-order valence-corrected chi connectivity index (χ1v) is 11.3. The van der Waals surface area contributed by atoms with E-state index >= 15 is 0 Å². The molecule has 0 saturated heterocycles. The fraction of sp³-hybridized carbons (Fsp3) is 0.300. The molecule has 1 fully saturated rings. The number of benzene rings is 1. The molecule has 1 aliphatic carbocycles. The van der Waals surface area contributed by atoms with Gasteiger partial charge in [-0.15, -0.1) is 0 Å². The third kappa shape index (κ3) is 4.57. The van der Waals surface area contributed by atoms with Gasteiger partial charge in [0.05, 0.1) is 16.7 Å². The van der Waals surface area contributed by atoms with Gasteiger partial charge in [-0.2, -0.15) is 0 Å². The van der Waals surface area contributed by atoms with Crippen molar-refractivity contribution in [2.75, 3.05) is 7.05 Å². The number of hydrogen-bond acceptors (Lipinski definition) is 6. The number of hydrogen-bond donors (Lipinski definition) is 3. The number of nitrogens with zero attached hydrogens (tertiary/aromatic N) is 2. The maximum atomic E-state index is 12.5. The number of sulfonamides is 1. The van der Waals surface area contributed by atoms with E-state index < -0.39 is 27.2 Å². The fourth-order valence-corrected chi connectivity index (χ4v) is 4.04. The Hall–Kier alpha value is -3.31. The number of fused-ring (bicyclic) bond motifs is 1. The molecule has 1 aromatic carbocycles. The van der Waals surface area contributed by atoms with Crippen molar-refractivity contribution in [2.45, 2.75) is 31.2 Å².